The molecule has 24 heavy (non-hydrogen) atoms. The average Bonchev–Trinajstić information content (AvgIpc) is 2.94. The summed E-state index contributed by atoms with van der Waals surface area (Å²) in [6, 6.07) is 6.29. The predicted molar refractivity (Wildman–Crippen MR) is 93.8 cm³/mol. The number of hydrogen-bond donors (Lipinski definition) is 1. The van der Waals surface area contributed by atoms with Gasteiger partial charge in [-0.25, -0.2) is 4.79 Å². The van der Waals surface area contributed by atoms with E-state index in [0.29, 0.717) is 17.5 Å². The van der Waals surface area contributed by atoms with Crippen molar-refractivity contribution >= 4 is 11.7 Å². The average molecular weight is 329 g/mol. The smallest absolute Gasteiger partial charge is 0.335 e. The molecule has 1 aromatic rings. The minimum Gasteiger partial charge on any atom is -0.478 e. The van der Waals surface area contributed by atoms with Gasteiger partial charge in [0.05, 0.1) is 5.56 Å². The van der Waals surface area contributed by atoms with Crippen LogP contribution in [0.2, 0.25) is 0 Å². The van der Waals surface area contributed by atoms with Crippen LogP contribution >= 0.6 is 0 Å². The van der Waals surface area contributed by atoms with Crippen molar-refractivity contribution in [2.75, 3.05) is 24.7 Å². The van der Waals surface area contributed by atoms with Crippen molar-refractivity contribution in [1.29, 1.82) is 0 Å². The summed E-state index contributed by atoms with van der Waals surface area (Å²) in [5.74, 6) is 1.25. The number of nitrogens with zero attached hydrogens (tertiary/aromatic N) is 1. The first-order valence-electron chi connectivity index (χ1n) is 9.40. The molecular weight excluding hydrogens is 302 g/mol. The van der Waals surface area contributed by atoms with E-state index < -0.39 is 5.97 Å². The Bertz CT molecular complexity index is 623. The topological polar surface area (TPSA) is 49.8 Å². The lowest BCUT2D eigenvalue weighted by molar-refractivity contribution is 0.0360. The van der Waals surface area contributed by atoms with Crippen LogP contribution in [0, 0.1) is 11.8 Å². The molecule has 2 unspecified atom stereocenters. The molecule has 0 bridgehead atoms. The van der Waals surface area contributed by atoms with E-state index in [-0.39, 0.29) is 0 Å². The molecule has 3 atom stereocenters. The maximum absolute atomic E-state index is 11.4. The van der Waals surface area contributed by atoms with Crippen LogP contribution in [0.3, 0.4) is 0 Å². The van der Waals surface area contributed by atoms with Gasteiger partial charge in [-0.3, -0.25) is 0 Å². The van der Waals surface area contributed by atoms with Gasteiger partial charge in [-0.2, -0.15) is 0 Å². The number of benzene rings is 1. The minimum absolute atomic E-state index is 0.429. The van der Waals surface area contributed by atoms with Crippen molar-refractivity contribution in [3.8, 4) is 0 Å². The Hall–Kier alpha value is -1.55. The Labute approximate surface area is 143 Å². The molecule has 0 amide bonds. The van der Waals surface area contributed by atoms with Crippen molar-refractivity contribution in [3.05, 3.63) is 29.3 Å². The van der Waals surface area contributed by atoms with Gasteiger partial charge in [-0.1, -0.05) is 0 Å². The second-order valence-electron chi connectivity index (χ2n) is 7.56. The van der Waals surface area contributed by atoms with E-state index in [0.717, 1.165) is 31.6 Å². The Morgan fingerprint density at radius 2 is 2.00 bits per heavy atom. The number of carboxylic acid groups (broad SMARTS) is 1. The lowest BCUT2D eigenvalue weighted by atomic mass is 9.70. The van der Waals surface area contributed by atoms with E-state index >= 15 is 0 Å². The van der Waals surface area contributed by atoms with Gasteiger partial charge in [0.15, 0.2) is 0 Å². The van der Waals surface area contributed by atoms with Gasteiger partial charge < -0.3 is 14.7 Å². The van der Waals surface area contributed by atoms with Gasteiger partial charge in [0.25, 0.3) is 0 Å². The SMILES string of the molecule is CCN1c2ccc(C(=O)O)cc2C2C[C@H](C3CCOCC3)CCC21. The summed E-state index contributed by atoms with van der Waals surface area (Å²) in [5, 5.41) is 9.36. The maximum Gasteiger partial charge on any atom is 0.335 e. The highest BCUT2D eigenvalue weighted by Crippen LogP contribution is 2.51. The quantitative estimate of drug-likeness (QED) is 0.913. The van der Waals surface area contributed by atoms with Gasteiger partial charge in [-0.05, 0) is 74.6 Å². The zero-order chi connectivity index (χ0) is 16.7. The van der Waals surface area contributed by atoms with Gasteiger partial charge >= 0.3 is 5.97 Å². The Morgan fingerprint density at radius 1 is 1.21 bits per heavy atom. The van der Waals surface area contributed by atoms with Crippen molar-refractivity contribution in [2.45, 2.75) is 51.0 Å². The highest BCUT2D eigenvalue weighted by Gasteiger charge is 2.43. The lowest BCUT2D eigenvalue weighted by Gasteiger charge is -2.40. The van der Waals surface area contributed by atoms with Gasteiger partial charge in [0, 0.05) is 37.4 Å². The fraction of sp³-hybridized carbons (Fsp3) is 0.650. The molecule has 2 heterocycles. The number of hydrogen-bond acceptors (Lipinski definition) is 3. The van der Waals surface area contributed by atoms with Crippen LogP contribution in [0.25, 0.3) is 0 Å². The van der Waals surface area contributed by atoms with Crippen LogP contribution < -0.4 is 4.90 Å². The molecule has 1 aliphatic carbocycles. The number of rotatable bonds is 3. The molecule has 0 spiro atoms. The van der Waals surface area contributed by atoms with Crippen molar-refractivity contribution in [1.82, 2.24) is 0 Å². The Kier molecular flexibility index (Phi) is 4.25. The van der Waals surface area contributed by atoms with Gasteiger partial charge in [-0.15, -0.1) is 0 Å². The summed E-state index contributed by atoms with van der Waals surface area (Å²) in [6.07, 6.45) is 6.14. The van der Waals surface area contributed by atoms with Crippen LogP contribution in [0.5, 0.6) is 0 Å². The zero-order valence-electron chi connectivity index (χ0n) is 14.4. The molecular formula is C20H27NO3. The third-order valence-corrected chi connectivity index (χ3v) is 6.51. The molecule has 130 valence electrons. The second-order valence-corrected chi connectivity index (χ2v) is 7.56. The lowest BCUT2D eigenvalue weighted by Crippen LogP contribution is -2.39. The van der Waals surface area contributed by atoms with Crippen LogP contribution in [-0.4, -0.2) is 36.9 Å². The molecule has 2 fully saturated rings. The summed E-state index contributed by atoms with van der Waals surface area (Å²) in [4.78, 5) is 13.9. The first-order chi connectivity index (χ1) is 11.7. The Morgan fingerprint density at radius 3 is 2.71 bits per heavy atom. The summed E-state index contributed by atoms with van der Waals surface area (Å²) in [7, 11) is 0. The molecule has 4 rings (SSSR count). The summed E-state index contributed by atoms with van der Waals surface area (Å²) >= 11 is 0. The number of anilines is 1. The minimum atomic E-state index is -0.818. The molecule has 1 saturated heterocycles. The third-order valence-electron chi connectivity index (χ3n) is 6.51. The number of carboxylic acids is 1. The normalized spacial score (nSPS) is 30.0. The van der Waals surface area contributed by atoms with E-state index in [1.807, 2.05) is 12.1 Å². The molecule has 1 N–H and O–H groups in total. The number of aromatic carboxylic acids is 1. The van der Waals surface area contributed by atoms with E-state index in [2.05, 4.69) is 11.8 Å². The Balaban J connectivity index is 1.62. The first-order valence-corrected chi connectivity index (χ1v) is 9.40. The molecule has 3 aliphatic rings. The fourth-order valence-corrected chi connectivity index (χ4v) is 5.34. The van der Waals surface area contributed by atoms with Crippen LogP contribution in [0.4, 0.5) is 5.69 Å². The van der Waals surface area contributed by atoms with Crippen LogP contribution in [-0.2, 0) is 4.74 Å². The summed E-state index contributed by atoms with van der Waals surface area (Å²) in [6.45, 7) is 5.04. The molecule has 4 nitrogen and oxygen atoms in total. The number of carbonyl (C=O) groups is 1. The predicted octanol–water partition coefficient (Wildman–Crippen LogP) is 3.90. The highest BCUT2D eigenvalue weighted by atomic mass is 16.5. The van der Waals surface area contributed by atoms with E-state index in [4.69, 9.17) is 4.74 Å². The molecule has 1 saturated carbocycles. The van der Waals surface area contributed by atoms with Crippen molar-refractivity contribution in [2.24, 2.45) is 11.8 Å². The van der Waals surface area contributed by atoms with Gasteiger partial charge in [0.1, 0.15) is 0 Å². The van der Waals surface area contributed by atoms with E-state index in [1.54, 1.807) is 6.07 Å². The number of likely N-dealkylation sites (N-methyl/N-ethyl adjacent to an activating group) is 1. The van der Waals surface area contributed by atoms with Gasteiger partial charge in [0.2, 0.25) is 0 Å². The standard InChI is InChI=1S/C20H27NO3/c1-2-21-18-5-3-14(13-7-9-24-10-8-13)11-16(18)17-12-15(20(22)23)4-6-19(17)21/h4,6,12-14,16,18H,2-3,5,7-11H2,1H3,(H,22,23)/t14-,16?,18?/m1/s1. The molecule has 1 aromatic carbocycles. The fourth-order valence-electron chi connectivity index (χ4n) is 5.34. The zero-order valence-corrected chi connectivity index (χ0v) is 14.4. The monoisotopic (exact) mass is 329 g/mol. The summed E-state index contributed by atoms with van der Waals surface area (Å²) in [5.41, 5.74) is 2.97. The molecule has 4 heteroatoms. The van der Waals surface area contributed by atoms with Crippen molar-refractivity contribution in [3.63, 3.8) is 0 Å². The van der Waals surface area contributed by atoms with Crippen molar-refractivity contribution < 1.29 is 14.6 Å². The number of ether oxygens (including phenoxy) is 1. The molecule has 2 aliphatic heterocycles. The highest BCUT2D eigenvalue weighted by molar-refractivity contribution is 5.89. The third kappa shape index (κ3) is 2.61. The van der Waals surface area contributed by atoms with E-state index in [9.17, 15) is 9.90 Å². The summed E-state index contributed by atoms with van der Waals surface area (Å²) < 4.78 is 5.54. The van der Waals surface area contributed by atoms with Crippen LogP contribution in [0.15, 0.2) is 18.2 Å². The maximum atomic E-state index is 11.4. The van der Waals surface area contributed by atoms with Crippen LogP contribution in [0.1, 0.15) is 60.9 Å². The number of fused-ring (bicyclic) bond motifs is 3. The largest absolute Gasteiger partial charge is 0.478 e. The van der Waals surface area contributed by atoms with E-state index in [1.165, 1.54) is 43.4 Å². The second kappa shape index (κ2) is 6.40. The molecule has 0 aromatic heterocycles. The molecule has 0 radical (unpaired) electrons. The first kappa shape index (κ1) is 15.9.